The zero-order valence-electron chi connectivity index (χ0n) is 7.92. The molecule has 2 rings (SSSR count). The van der Waals surface area contributed by atoms with E-state index in [0.717, 1.165) is 0 Å². The Morgan fingerprint density at radius 3 is 3.07 bits per heavy atom. The van der Waals surface area contributed by atoms with Crippen LogP contribution in [0.3, 0.4) is 0 Å². The largest absolute Gasteiger partial charge is 0.479 e. The first kappa shape index (κ1) is 9.91. The minimum absolute atomic E-state index is 0.221. The van der Waals surface area contributed by atoms with Crippen molar-refractivity contribution in [2.24, 2.45) is 0 Å². The van der Waals surface area contributed by atoms with Crippen molar-refractivity contribution >= 4 is 5.97 Å². The summed E-state index contributed by atoms with van der Waals surface area (Å²) in [6.45, 7) is 0.346. The van der Waals surface area contributed by atoms with E-state index in [4.69, 9.17) is 9.84 Å². The SMILES string of the molecule is O=C(O)C1CCC(Cn2cn[nH]c2=O)O1. The van der Waals surface area contributed by atoms with E-state index >= 15 is 0 Å². The number of nitrogens with zero attached hydrogens (tertiary/aromatic N) is 2. The zero-order valence-corrected chi connectivity index (χ0v) is 7.92. The molecule has 1 aromatic rings. The molecular weight excluding hydrogens is 202 g/mol. The molecule has 0 amide bonds. The number of aliphatic carboxylic acids is 1. The molecule has 1 aliphatic rings. The van der Waals surface area contributed by atoms with Crippen molar-refractivity contribution in [1.29, 1.82) is 0 Å². The van der Waals surface area contributed by atoms with Gasteiger partial charge in [0.1, 0.15) is 6.33 Å². The predicted molar refractivity (Wildman–Crippen MR) is 48.4 cm³/mol. The van der Waals surface area contributed by atoms with Gasteiger partial charge in [0.05, 0.1) is 12.6 Å². The Bertz CT molecular complexity index is 410. The topological polar surface area (TPSA) is 97.2 Å². The van der Waals surface area contributed by atoms with E-state index in [1.54, 1.807) is 0 Å². The van der Waals surface area contributed by atoms with E-state index in [9.17, 15) is 9.59 Å². The maximum atomic E-state index is 11.1. The molecule has 1 saturated heterocycles. The first-order chi connectivity index (χ1) is 7.16. The molecule has 1 aliphatic heterocycles. The average Bonchev–Trinajstić information content (AvgIpc) is 2.77. The summed E-state index contributed by atoms with van der Waals surface area (Å²) in [6, 6.07) is 0. The first-order valence-electron chi connectivity index (χ1n) is 4.65. The summed E-state index contributed by atoms with van der Waals surface area (Å²) in [5, 5.41) is 14.5. The molecule has 2 unspecified atom stereocenters. The Kier molecular flexibility index (Phi) is 2.55. The lowest BCUT2D eigenvalue weighted by atomic mass is 10.2. The summed E-state index contributed by atoms with van der Waals surface area (Å²) in [4.78, 5) is 21.7. The van der Waals surface area contributed by atoms with Gasteiger partial charge in [-0.15, -0.1) is 0 Å². The molecule has 0 bridgehead atoms. The number of carboxylic acid groups (broad SMARTS) is 1. The van der Waals surface area contributed by atoms with Crippen LogP contribution >= 0.6 is 0 Å². The number of H-pyrrole nitrogens is 1. The predicted octanol–water partition coefficient (Wildman–Crippen LogP) is -0.796. The highest BCUT2D eigenvalue weighted by atomic mass is 16.5. The number of carbonyl (C=O) groups is 1. The van der Waals surface area contributed by atoms with Crippen molar-refractivity contribution < 1.29 is 14.6 Å². The smallest absolute Gasteiger partial charge is 0.343 e. The molecule has 0 aromatic carbocycles. The van der Waals surface area contributed by atoms with Crippen molar-refractivity contribution in [3.05, 3.63) is 16.8 Å². The van der Waals surface area contributed by atoms with Gasteiger partial charge in [0.2, 0.25) is 0 Å². The van der Waals surface area contributed by atoms with Gasteiger partial charge in [-0.2, -0.15) is 5.10 Å². The standard InChI is InChI=1S/C8H11N3O4/c12-7(13)6-2-1-5(15-6)3-11-4-9-10-8(11)14/h4-6H,1-3H2,(H,10,14)(H,12,13). The van der Waals surface area contributed by atoms with Crippen molar-refractivity contribution in [1.82, 2.24) is 14.8 Å². The van der Waals surface area contributed by atoms with Gasteiger partial charge in [0, 0.05) is 0 Å². The monoisotopic (exact) mass is 213 g/mol. The third kappa shape index (κ3) is 2.07. The molecule has 15 heavy (non-hydrogen) atoms. The average molecular weight is 213 g/mol. The summed E-state index contributed by atoms with van der Waals surface area (Å²) >= 11 is 0. The molecule has 82 valence electrons. The number of ether oxygens (including phenoxy) is 1. The van der Waals surface area contributed by atoms with Crippen LogP contribution in [0.5, 0.6) is 0 Å². The molecule has 0 spiro atoms. The maximum absolute atomic E-state index is 11.1. The van der Waals surface area contributed by atoms with Gasteiger partial charge in [-0.3, -0.25) is 4.57 Å². The van der Waals surface area contributed by atoms with Crippen LogP contribution in [-0.4, -0.2) is 38.0 Å². The summed E-state index contributed by atoms with van der Waals surface area (Å²) in [5.41, 5.74) is -0.308. The lowest BCUT2D eigenvalue weighted by Crippen LogP contribution is -2.26. The third-order valence-corrected chi connectivity index (χ3v) is 2.40. The van der Waals surface area contributed by atoms with Gasteiger partial charge in [0.15, 0.2) is 6.10 Å². The molecule has 2 heterocycles. The highest BCUT2D eigenvalue weighted by Crippen LogP contribution is 2.20. The molecule has 2 N–H and O–H groups in total. The van der Waals surface area contributed by atoms with Gasteiger partial charge < -0.3 is 9.84 Å². The van der Waals surface area contributed by atoms with Crippen molar-refractivity contribution in [2.45, 2.75) is 31.6 Å². The summed E-state index contributed by atoms with van der Waals surface area (Å²) in [5.74, 6) is -0.947. The minimum Gasteiger partial charge on any atom is -0.479 e. The van der Waals surface area contributed by atoms with Crippen LogP contribution in [-0.2, 0) is 16.1 Å². The molecule has 7 nitrogen and oxygen atoms in total. The van der Waals surface area contributed by atoms with E-state index < -0.39 is 12.1 Å². The fraction of sp³-hybridized carbons (Fsp3) is 0.625. The summed E-state index contributed by atoms with van der Waals surface area (Å²) < 4.78 is 6.62. The Labute approximate surface area is 84.7 Å². The van der Waals surface area contributed by atoms with E-state index in [1.165, 1.54) is 10.9 Å². The van der Waals surface area contributed by atoms with E-state index in [1.807, 2.05) is 0 Å². The fourth-order valence-electron chi connectivity index (χ4n) is 1.64. The van der Waals surface area contributed by atoms with Gasteiger partial charge in [-0.25, -0.2) is 14.7 Å². The van der Waals surface area contributed by atoms with Crippen LogP contribution in [0.2, 0.25) is 0 Å². The van der Waals surface area contributed by atoms with Crippen LogP contribution in [0.4, 0.5) is 0 Å². The summed E-state index contributed by atoms with van der Waals surface area (Å²) in [7, 11) is 0. The molecular formula is C8H11N3O4. The number of hydrogen-bond acceptors (Lipinski definition) is 4. The van der Waals surface area contributed by atoms with Crippen LogP contribution < -0.4 is 5.69 Å². The lowest BCUT2D eigenvalue weighted by molar-refractivity contribution is -0.149. The van der Waals surface area contributed by atoms with Crippen molar-refractivity contribution in [2.75, 3.05) is 0 Å². The van der Waals surface area contributed by atoms with E-state index in [0.29, 0.717) is 19.4 Å². The Hall–Kier alpha value is -1.63. The maximum Gasteiger partial charge on any atom is 0.343 e. The molecule has 0 aliphatic carbocycles. The van der Waals surface area contributed by atoms with Crippen LogP contribution in [0.25, 0.3) is 0 Å². The molecule has 2 atom stereocenters. The van der Waals surface area contributed by atoms with Gasteiger partial charge >= 0.3 is 11.7 Å². The Morgan fingerprint density at radius 1 is 1.73 bits per heavy atom. The highest BCUT2D eigenvalue weighted by molar-refractivity contribution is 5.72. The van der Waals surface area contributed by atoms with Gasteiger partial charge in [-0.05, 0) is 12.8 Å². The second kappa shape index (κ2) is 3.85. The van der Waals surface area contributed by atoms with E-state index in [-0.39, 0.29) is 11.8 Å². The summed E-state index contributed by atoms with van der Waals surface area (Å²) in [6.07, 6.45) is 1.56. The molecule has 1 aromatic heterocycles. The number of hydrogen-bond donors (Lipinski definition) is 2. The molecule has 0 saturated carbocycles. The van der Waals surface area contributed by atoms with Gasteiger partial charge in [0.25, 0.3) is 0 Å². The molecule has 7 heteroatoms. The number of rotatable bonds is 3. The normalized spacial score (nSPS) is 25.6. The second-order valence-electron chi connectivity index (χ2n) is 3.48. The van der Waals surface area contributed by atoms with Crippen LogP contribution in [0.15, 0.2) is 11.1 Å². The quantitative estimate of drug-likeness (QED) is 0.685. The van der Waals surface area contributed by atoms with Crippen LogP contribution in [0, 0.1) is 0 Å². The third-order valence-electron chi connectivity index (χ3n) is 2.40. The number of nitrogens with one attached hydrogen (secondary N) is 1. The number of carboxylic acids is 1. The molecule has 1 fully saturated rings. The number of aromatic nitrogens is 3. The van der Waals surface area contributed by atoms with Gasteiger partial charge in [-0.1, -0.05) is 0 Å². The zero-order chi connectivity index (χ0) is 10.8. The lowest BCUT2D eigenvalue weighted by Gasteiger charge is -2.10. The Morgan fingerprint density at radius 2 is 2.53 bits per heavy atom. The van der Waals surface area contributed by atoms with Crippen LogP contribution in [0.1, 0.15) is 12.8 Å². The Balaban J connectivity index is 1.96. The first-order valence-corrected chi connectivity index (χ1v) is 4.65. The molecule has 0 radical (unpaired) electrons. The second-order valence-corrected chi connectivity index (χ2v) is 3.48. The highest BCUT2D eigenvalue weighted by Gasteiger charge is 2.30. The van der Waals surface area contributed by atoms with Crippen molar-refractivity contribution in [3.8, 4) is 0 Å². The fourth-order valence-corrected chi connectivity index (χ4v) is 1.64. The van der Waals surface area contributed by atoms with E-state index in [2.05, 4.69) is 10.2 Å². The minimum atomic E-state index is -0.947. The number of aromatic amines is 1. The van der Waals surface area contributed by atoms with Crippen molar-refractivity contribution in [3.63, 3.8) is 0 Å².